The lowest BCUT2D eigenvalue weighted by Gasteiger charge is -2.25. The first kappa shape index (κ1) is 22.3. The molecule has 0 radical (unpaired) electrons. The van der Waals surface area contributed by atoms with Crippen LogP contribution >= 0.6 is 0 Å². The summed E-state index contributed by atoms with van der Waals surface area (Å²) in [7, 11) is 1.58. The Hall–Kier alpha value is -3.94. The fraction of sp³-hybridized carbons (Fsp3) is 0.200. The molecule has 0 saturated heterocycles. The highest BCUT2D eigenvalue weighted by molar-refractivity contribution is 6.03. The number of nitrogens with zero attached hydrogens (tertiary/aromatic N) is 2. The summed E-state index contributed by atoms with van der Waals surface area (Å²) in [6.07, 6.45) is 0.0106. The molecule has 1 heterocycles. The summed E-state index contributed by atoms with van der Waals surface area (Å²) in [5, 5.41) is 6.99. The van der Waals surface area contributed by atoms with E-state index in [1.807, 2.05) is 30.3 Å². The molecule has 1 aliphatic rings. The van der Waals surface area contributed by atoms with E-state index in [1.54, 1.807) is 31.4 Å². The van der Waals surface area contributed by atoms with E-state index in [0.717, 1.165) is 11.6 Å². The van der Waals surface area contributed by atoms with Gasteiger partial charge in [-0.1, -0.05) is 41.6 Å². The van der Waals surface area contributed by atoms with Crippen molar-refractivity contribution in [2.24, 2.45) is 5.16 Å². The van der Waals surface area contributed by atoms with Crippen molar-refractivity contribution in [3.8, 4) is 5.75 Å². The number of benzene rings is 3. The van der Waals surface area contributed by atoms with Crippen molar-refractivity contribution in [3.05, 3.63) is 95.6 Å². The number of para-hydroxylation sites is 2. The molecule has 1 aliphatic heterocycles. The molecule has 0 spiro atoms. The molecule has 8 heteroatoms. The van der Waals surface area contributed by atoms with Gasteiger partial charge in [-0.25, -0.2) is 13.6 Å². The minimum Gasteiger partial charge on any atom is -0.496 e. The van der Waals surface area contributed by atoms with Crippen LogP contribution in [0, 0.1) is 11.6 Å². The molecule has 0 aromatic heterocycles. The summed E-state index contributed by atoms with van der Waals surface area (Å²) in [5.74, 6) is -0.719. The first-order chi connectivity index (χ1) is 16.0. The number of hydrogen-bond donors (Lipinski definition) is 1. The van der Waals surface area contributed by atoms with Gasteiger partial charge in [0.25, 0.3) is 0 Å². The van der Waals surface area contributed by atoms with Gasteiger partial charge in [-0.05, 0) is 30.3 Å². The Morgan fingerprint density at radius 3 is 2.64 bits per heavy atom. The van der Waals surface area contributed by atoms with Crippen LogP contribution in [0.4, 0.5) is 19.3 Å². The number of anilines is 1. The summed E-state index contributed by atoms with van der Waals surface area (Å²) in [4.78, 5) is 20.1. The number of carbonyl (C=O) groups is 1. The summed E-state index contributed by atoms with van der Waals surface area (Å²) >= 11 is 0. The number of carbonyl (C=O) groups excluding carboxylic acids is 1. The molecule has 3 aromatic rings. The van der Waals surface area contributed by atoms with Gasteiger partial charge in [-0.15, -0.1) is 0 Å². The van der Waals surface area contributed by atoms with Crippen LogP contribution in [-0.4, -0.2) is 36.4 Å². The standard InChI is InChI=1S/C25H23F2N3O3/c1-32-24-10-6-5-9-21(24)23-14-20(33-29-23)16-30(15-17-11-12-18(26)13-22(17)27)25(31)28-19-7-3-2-4-8-19/h2-13,20H,14-16H2,1H3,(H,28,31). The van der Waals surface area contributed by atoms with Crippen molar-refractivity contribution in [1.29, 1.82) is 0 Å². The Morgan fingerprint density at radius 1 is 1.12 bits per heavy atom. The predicted molar refractivity (Wildman–Crippen MR) is 121 cm³/mol. The van der Waals surface area contributed by atoms with Crippen LogP contribution in [0.3, 0.4) is 0 Å². The lowest BCUT2D eigenvalue weighted by atomic mass is 10.0. The summed E-state index contributed by atoms with van der Waals surface area (Å²) in [6, 6.07) is 19.3. The molecular formula is C25H23F2N3O3. The number of halogens is 2. The van der Waals surface area contributed by atoms with Crippen molar-refractivity contribution in [2.75, 3.05) is 19.0 Å². The molecular weight excluding hydrogens is 428 g/mol. The first-order valence-electron chi connectivity index (χ1n) is 10.4. The van der Waals surface area contributed by atoms with Gasteiger partial charge in [0.1, 0.15) is 17.4 Å². The van der Waals surface area contributed by atoms with Crippen LogP contribution in [0.25, 0.3) is 0 Å². The lowest BCUT2D eigenvalue weighted by Crippen LogP contribution is -2.40. The molecule has 6 nitrogen and oxygen atoms in total. The number of ether oxygens (including phenoxy) is 1. The third-order valence-corrected chi connectivity index (χ3v) is 5.26. The van der Waals surface area contributed by atoms with Gasteiger partial charge in [0.15, 0.2) is 6.10 Å². The van der Waals surface area contributed by atoms with Crippen LogP contribution in [0.2, 0.25) is 0 Å². The average Bonchev–Trinajstić information content (AvgIpc) is 3.29. The van der Waals surface area contributed by atoms with Gasteiger partial charge in [-0.3, -0.25) is 0 Å². The number of urea groups is 1. The van der Waals surface area contributed by atoms with Crippen molar-refractivity contribution >= 4 is 17.4 Å². The van der Waals surface area contributed by atoms with E-state index in [0.29, 0.717) is 23.6 Å². The van der Waals surface area contributed by atoms with Gasteiger partial charge in [0, 0.05) is 29.3 Å². The van der Waals surface area contributed by atoms with Gasteiger partial charge in [-0.2, -0.15) is 0 Å². The molecule has 0 saturated carbocycles. The highest BCUT2D eigenvalue weighted by Crippen LogP contribution is 2.25. The molecule has 3 aromatic carbocycles. The van der Waals surface area contributed by atoms with E-state index < -0.39 is 23.8 Å². The zero-order valence-corrected chi connectivity index (χ0v) is 18.0. The molecule has 170 valence electrons. The predicted octanol–water partition coefficient (Wildman–Crippen LogP) is 5.20. The summed E-state index contributed by atoms with van der Waals surface area (Å²) in [6.45, 7) is 0.0895. The number of oxime groups is 1. The van der Waals surface area contributed by atoms with E-state index in [2.05, 4.69) is 10.5 Å². The van der Waals surface area contributed by atoms with Crippen LogP contribution < -0.4 is 10.1 Å². The van der Waals surface area contributed by atoms with Crippen LogP contribution in [-0.2, 0) is 11.4 Å². The average molecular weight is 451 g/mol. The van der Waals surface area contributed by atoms with E-state index in [9.17, 15) is 13.6 Å². The molecule has 2 amide bonds. The van der Waals surface area contributed by atoms with Crippen molar-refractivity contribution < 1.29 is 23.1 Å². The van der Waals surface area contributed by atoms with E-state index in [4.69, 9.17) is 9.57 Å². The van der Waals surface area contributed by atoms with Gasteiger partial charge < -0.3 is 19.8 Å². The molecule has 0 bridgehead atoms. The SMILES string of the molecule is COc1ccccc1C1=NOC(CN(Cc2ccc(F)cc2F)C(=O)Nc2ccccc2)C1. The maximum absolute atomic E-state index is 14.3. The van der Waals surface area contributed by atoms with E-state index >= 15 is 0 Å². The number of nitrogens with one attached hydrogen (secondary N) is 1. The lowest BCUT2D eigenvalue weighted by molar-refractivity contribution is 0.0606. The third-order valence-electron chi connectivity index (χ3n) is 5.26. The minimum atomic E-state index is -0.717. The fourth-order valence-corrected chi connectivity index (χ4v) is 3.61. The summed E-state index contributed by atoms with van der Waals surface area (Å²) in [5.41, 5.74) is 2.31. The van der Waals surface area contributed by atoms with Gasteiger partial charge >= 0.3 is 6.03 Å². The van der Waals surface area contributed by atoms with E-state index in [1.165, 1.54) is 17.0 Å². The zero-order valence-electron chi connectivity index (χ0n) is 18.0. The third kappa shape index (κ3) is 5.46. The second-order valence-corrected chi connectivity index (χ2v) is 7.58. The van der Waals surface area contributed by atoms with Crippen LogP contribution in [0.5, 0.6) is 5.75 Å². The Morgan fingerprint density at radius 2 is 1.88 bits per heavy atom. The largest absolute Gasteiger partial charge is 0.496 e. The number of amides is 2. The van der Waals surface area contributed by atoms with Crippen LogP contribution in [0.1, 0.15) is 17.5 Å². The Kier molecular flexibility index (Phi) is 6.83. The summed E-state index contributed by atoms with van der Waals surface area (Å²) < 4.78 is 33.1. The smallest absolute Gasteiger partial charge is 0.322 e. The molecule has 1 atom stereocenters. The number of rotatable bonds is 7. The monoisotopic (exact) mass is 451 g/mol. The first-order valence-corrected chi connectivity index (χ1v) is 10.4. The van der Waals surface area contributed by atoms with Crippen molar-refractivity contribution in [2.45, 2.75) is 19.1 Å². The Bertz CT molecular complexity index is 1150. The highest BCUT2D eigenvalue weighted by Gasteiger charge is 2.28. The molecule has 1 unspecified atom stereocenters. The van der Waals surface area contributed by atoms with Crippen molar-refractivity contribution in [1.82, 2.24) is 4.90 Å². The van der Waals surface area contributed by atoms with E-state index in [-0.39, 0.29) is 18.7 Å². The van der Waals surface area contributed by atoms with Crippen molar-refractivity contribution in [3.63, 3.8) is 0 Å². The molecule has 4 rings (SSSR count). The minimum absolute atomic E-state index is 0.0609. The molecule has 1 N–H and O–H groups in total. The highest BCUT2D eigenvalue weighted by atomic mass is 19.1. The molecule has 0 aliphatic carbocycles. The maximum Gasteiger partial charge on any atom is 0.322 e. The second-order valence-electron chi connectivity index (χ2n) is 7.58. The van der Waals surface area contributed by atoms with Gasteiger partial charge in [0.05, 0.1) is 25.9 Å². The molecule has 0 fully saturated rings. The van der Waals surface area contributed by atoms with Gasteiger partial charge in [0.2, 0.25) is 0 Å². The quantitative estimate of drug-likeness (QED) is 0.537. The Balaban J connectivity index is 1.50. The Labute approximate surface area is 190 Å². The second kappa shape index (κ2) is 10.1. The molecule has 33 heavy (non-hydrogen) atoms. The maximum atomic E-state index is 14.3. The number of methoxy groups -OCH3 is 1. The zero-order chi connectivity index (χ0) is 23.2. The normalized spacial score (nSPS) is 14.9. The van der Waals surface area contributed by atoms with Crippen LogP contribution in [0.15, 0.2) is 78.0 Å². The number of hydrogen-bond acceptors (Lipinski definition) is 4. The fourth-order valence-electron chi connectivity index (χ4n) is 3.61. The topological polar surface area (TPSA) is 63.2 Å².